The van der Waals surface area contributed by atoms with E-state index in [1.807, 2.05) is 12.1 Å². The first-order valence-electron chi connectivity index (χ1n) is 6.77. The predicted molar refractivity (Wildman–Crippen MR) is 90.4 cm³/mol. The fourth-order valence-electron chi connectivity index (χ4n) is 2.24. The maximum atomic E-state index is 5.76. The Morgan fingerprint density at radius 3 is 2.60 bits per heavy atom. The van der Waals surface area contributed by atoms with Gasteiger partial charge in [-0.05, 0) is 49.1 Å². The van der Waals surface area contributed by atoms with E-state index in [0.29, 0.717) is 4.99 Å². The van der Waals surface area contributed by atoms with E-state index in [1.165, 1.54) is 16.7 Å². The number of thiocarbonyl (C=S) groups is 1. The molecular weight excluding hydrogens is 264 g/mol. The smallest absolute Gasteiger partial charge is 0.106 e. The summed E-state index contributed by atoms with van der Waals surface area (Å²) in [5.41, 5.74) is 11.6. The molecule has 104 valence electrons. The van der Waals surface area contributed by atoms with Crippen LogP contribution in [0.25, 0.3) is 0 Å². The minimum Gasteiger partial charge on any atom is -0.389 e. The van der Waals surface area contributed by atoms with E-state index in [2.05, 4.69) is 49.5 Å². The molecule has 0 aliphatic carbocycles. The van der Waals surface area contributed by atoms with Crippen LogP contribution >= 0.6 is 12.2 Å². The highest BCUT2D eigenvalue weighted by Crippen LogP contribution is 2.18. The van der Waals surface area contributed by atoms with Gasteiger partial charge in [0.25, 0.3) is 0 Å². The summed E-state index contributed by atoms with van der Waals surface area (Å²) in [4.78, 5) is 0.434. The van der Waals surface area contributed by atoms with Crippen LogP contribution in [-0.4, -0.2) is 11.5 Å². The monoisotopic (exact) mass is 284 g/mol. The van der Waals surface area contributed by atoms with Crippen molar-refractivity contribution in [3.63, 3.8) is 0 Å². The third kappa shape index (κ3) is 3.58. The van der Waals surface area contributed by atoms with Gasteiger partial charge in [-0.25, -0.2) is 0 Å². The predicted octanol–water partition coefficient (Wildman–Crippen LogP) is 3.59. The van der Waals surface area contributed by atoms with Gasteiger partial charge in [0.15, 0.2) is 0 Å². The molecule has 2 rings (SSSR count). The van der Waals surface area contributed by atoms with Gasteiger partial charge in [0, 0.05) is 17.8 Å². The molecule has 0 spiro atoms. The topological polar surface area (TPSA) is 38.0 Å². The lowest BCUT2D eigenvalue weighted by Gasteiger charge is -2.13. The molecule has 0 bridgehead atoms. The van der Waals surface area contributed by atoms with Gasteiger partial charge in [-0.3, -0.25) is 0 Å². The lowest BCUT2D eigenvalue weighted by Crippen LogP contribution is -2.15. The molecule has 0 radical (unpaired) electrons. The van der Waals surface area contributed by atoms with Crippen LogP contribution in [0, 0.1) is 13.8 Å². The average molecular weight is 284 g/mol. The number of nitrogens with one attached hydrogen (secondary N) is 1. The third-order valence-corrected chi connectivity index (χ3v) is 3.63. The Morgan fingerprint density at radius 2 is 1.90 bits per heavy atom. The molecule has 0 fully saturated rings. The normalized spacial score (nSPS) is 10.3. The Labute approximate surface area is 126 Å². The molecule has 0 aromatic heterocycles. The quantitative estimate of drug-likeness (QED) is 0.824. The molecule has 2 nitrogen and oxygen atoms in total. The van der Waals surface area contributed by atoms with Crippen LogP contribution in [0.15, 0.2) is 42.5 Å². The van der Waals surface area contributed by atoms with E-state index in [0.717, 1.165) is 24.2 Å². The fourth-order valence-corrected chi connectivity index (χ4v) is 2.42. The van der Waals surface area contributed by atoms with Crippen LogP contribution in [0.5, 0.6) is 0 Å². The van der Waals surface area contributed by atoms with E-state index in [1.54, 1.807) is 0 Å². The first kappa shape index (κ1) is 14.5. The number of aryl methyl sites for hydroxylation is 2. The van der Waals surface area contributed by atoms with Crippen LogP contribution in [0.4, 0.5) is 5.69 Å². The van der Waals surface area contributed by atoms with Crippen LogP contribution in [0.2, 0.25) is 0 Å². The highest BCUT2D eigenvalue weighted by Gasteiger charge is 2.05. The second-order valence-electron chi connectivity index (χ2n) is 5.02. The fraction of sp³-hybridized carbons (Fsp3) is 0.235. The van der Waals surface area contributed by atoms with E-state index in [-0.39, 0.29) is 0 Å². The van der Waals surface area contributed by atoms with E-state index in [9.17, 15) is 0 Å². The molecule has 0 saturated heterocycles. The number of anilines is 1. The van der Waals surface area contributed by atoms with Crippen molar-refractivity contribution >= 4 is 22.9 Å². The molecule has 0 heterocycles. The van der Waals surface area contributed by atoms with Crippen LogP contribution in [-0.2, 0) is 6.42 Å². The van der Waals surface area contributed by atoms with Crippen molar-refractivity contribution < 1.29 is 0 Å². The zero-order valence-corrected chi connectivity index (χ0v) is 12.8. The molecular formula is C17H20N2S. The first-order valence-corrected chi connectivity index (χ1v) is 7.17. The van der Waals surface area contributed by atoms with Gasteiger partial charge >= 0.3 is 0 Å². The van der Waals surface area contributed by atoms with E-state index >= 15 is 0 Å². The number of hydrogen-bond acceptors (Lipinski definition) is 2. The van der Waals surface area contributed by atoms with Gasteiger partial charge < -0.3 is 11.1 Å². The molecule has 0 atom stereocenters. The second-order valence-corrected chi connectivity index (χ2v) is 5.46. The molecule has 0 unspecified atom stereocenters. The first-order chi connectivity index (χ1) is 9.58. The Morgan fingerprint density at radius 1 is 1.15 bits per heavy atom. The molecule has 0 aliphatic rings. The van der Waals surface area contributed by atoms with Crippen molar-refractivity contribution in [2.75, 3.05) is 11.9 Å². The van der Waals surface area contributed by atoms with E-state index < -0.39 is 0 Å². The zero-order chi connectivity index (χ0) is 14.5. The molecule has 0 amide bonds. The molecule has 3 N–H and O–H groups in total. The molecule has 0 aliphatic heterocycles. The third-order valence-electron chi connectivity index (χ3n) is 3.41. The molecule has 3 heteroatoms. The summed E-state index contributed by atoms with van der Waals surface area (Å²) in [5.74, 6) is 0. The van der Waals surface area contributed by atoms with Gasteiger partial charge in [0.1, 0.15) is 4.99 Å². The SMILES string of the molecule is Cc1ccc(C(N)=S)c(NCCc2ccccc2C)c1. The van der Waals surface area contributed by atoms with Gasteiger partial charge in [-0.15, -0.1) is 0 Å². The Balaban J connectivity index is 2.06. The molecule has 2 aromatic rings. The molecule has 0 saturated carbocycles. The maximum absolute atomic E-state index is 5.76. The minimum absolute atomic E-state index is 0.434. The summed E-state index contributed by atoms with van der Waals surface area (Å²) < 4.78 is 0. The van der Waals surface area contributed by atoms with Crippen molar-refractivity contribution in [1.29, 1.82) is 0 Å². The highest BCUT2D eigenvalue weighted by atomic mass is 32.1. The van der Waals surface area contributed by atoms with Crippen LogP contribution in [0.1, 0.15) is 22.3 Å². The number of hydrogen-bond donors (Lipinski definition) is 2. The Kier molecular flexibility index (Phi) is 4.74. The lowest BCUT2D eigenvalue weighted by atomic mass is 10.1. The second kappa shape index (κ2) is 6.53. The zero-order valence-electron chi connectivity index (χ0n) is 11.9. The highest BCUT2D eigenvalue weighted by molar-refractivity contribution is 7.80. The Hall–Kier alpha value is -1.87. The van der Waals surface area contributed by atoms with Crippen molar-refractivity contribution in [3.8, 4) is 0 Å². The van der Waals surface area contributed by atoms with Crippen molar-refractivity contribution in [3.05, 3.63) is 64.7 Å². The van der Waals surface area contributed by atoms with Crippen molar-refractivity contribution in [2.24, 2.45) is 5.73 Å². The van der Waals surface area contributed by atoms with Gasteiger partial charge in [-0.1, -0.05) is 42.5 Å². The summed E-state index contributed by atoms with van der Waals surface area (Å²) in [6.45, 7) is 5.07. The lowest BCUT2D eigenvalue weighted by molar-refractivity contribution is 1.00. The molecule has 20 heavy (non-hydrogen) atoms. The van der Waals surface area contributed by atoms with Crippen molar-refractivity contribution in [1.82, 2.24) is 0 Å². The average Bonchev–Trinajstić information content (AvgIpc) is 2.41. The van der Waals surface area contributed by atoms with Crippen molar-refractivity contribution in [2.45, 2.75) is 20.3 Å². The number of benzene rings is 2. The summed E-state index contributed by atoms with van der Waals surface area (Å²) in [6, 6.07) is 14.6. The summed E-state index contributed by atoms with van der Waals surface area (Å²) in [5, 5.41) is 3.44. The van der Waals surface area contributed by atoms with Gasteiger partial charge in [0.05, 0.1) is 0 Å². The van der Waals surface area contributed by atoms with Crippen LogP contribution in [0.3, 0.4) is 0 Å². The standard InChI is InChI=1S/C17H20N2S/c1-12-7-8-15(17(18)20)16(11-12)19-10-9-14-6-4-3-5-13(14)2/h3-8,11,19H,9-10H2,1-2H3,(H2,18,20). The largest absolute Gasteiger partial charge is 0.389 e. The van der Waals surface area contributed by atoms with Crippen LogP contribution < -0.4 is 11.1 Å². The Bertz CT molecular complexity index is 620. The summed E-state index contributed by atoms with van der Waals surface area (Å²) in [6.07, 6.45) is 0.984. The van der Waals surface area contributed by atoms with E-state index in [4.69, 9.17) is 18.0 Å². The van der Waals surface area contributed by atoms with Gasteiger partial charge in [-0.2, -0.15) is 0 Å². The summed E-state index contributed by atoms with van der Waals surface area (Å²) >= 11 is 5.10. The summed E-state index contributed by atoms with van der Waals surface area (Å²) in [7, 11) is 0. The number of nitrogens with two attached hydrogens (primary N) is 1. The molecule has 2 aromatic carbocycles. The van der Waals surface area contributed by atoms with Gasteiger partial charge in [0.2, 0.25) is 0 Å². The minimum atomic E-state index is 0.434. The maximum Gasteiger partial charge on any atom is 0.106 e. The number of rotatable bonds is 5.